The van der Waals surface area contributed by atoms with Gasteiger partial charge < -0.3 is 5.11 Å². The lowest BCUT2D eigenvalue weighted by Crippen LogP contribution is -2.10. The molecule has 1 aromatic rings. The van der Waals surface area contributed by atoms with E-state index in [0.717, 1.165) is 6.42 Å². The van der Waals surface area contributed by atoms with Gasteiger partial charge in [-0.3, -0.25) is 0 Å². The molecule has 1 nitrogen and oxygen atoms in total. The predicted octanol–water partition coefficient (Wildman–Crippen LogP) is 4.18. The van der Waals surface area contributed by atoms with Gasteiger partial charge in [-0.25, -0.2) is 0 Å². The zero-order chi connectivity index (χ0) is 10.7. The van der Waals surface area contributed by atoms with Crippen molar-refractivity contribution in [2.75, 3.05) is 0 Å². The summed E-state index contributed by atoms with van der Waals surface area (Å²) in [6, 6.07) is 10.5. The molecule has 0 bridgehead atoms. The summed E-state index contributed by atoms with van der Waals surface area (Å²) < 4.78 is 0. The van der Waals surface area contributed by atoms with E-state index >= 15 is 0 Å². The number of allylic oxidation sites excluding steroid dienone is 2. The van der Waals surface area contributed by atoms with Crippen molar-refractivity contribution in [1.29, 1.82) is 0 Å². The molecule has 1 heteroatoms. The summed E-state index contributed by atoms with van der Waals surface area (Å²) in [7, 11) is 0. The van der Waals surface area contributed by atoms with Crippen LogP contribution in [0.25, 0.3) is 0 Å². The normalized spacial score (nSPS) is 25.0. The van der Waals surface area contributed by atoms with Crippen LogP contribution in [-0.2, 0) is 0 Å². The molecule has 2 rings (SSSR count). The lowest BCUT2D eigenvalue weighted by Gasteiger charge is -2.26. The number of hydrogen-bond acceptors (Lipinski definition) is 1. The fraction of sp³-hybridized carbons (Fsp3) is 0.429. The summed E-state index contributed by atoms with van der Waals surface area (Å²) in [5.41, 5.74) is 2.59. The van der Waals surface area contributed by atoms with Crippen LogP contribution in [0.3, 0.4) is 0 Å². The van der Waals surface area contributed by atoms with Crippen LogP contribution in [0.15, 0.2) is 41.7 Å². The molecule has 0 amide bonds. The standard InChI is InChI=1S/C14H18O/c1-11(15)13-9-5-6-10-14(13)12-7-3-2-4-8-12/h2-4,7-8,14-15H,5-6,9-10H2,1H3. The Hall–Kier alpha value is -1.24. The molecular weight excluding hydrogens is 184 g/mol. The zero-order valence-corrected chi connectivity index (χ0v) is 9.24. The van der Waals surface area contributed by atoms with Gasteiger partial charge in [0.1, 0.15) is 0 Å². The third-order valence-electron chi connectivity index (χ3n) is 3.28. The Morgan fingerprint density at radius 2 is 1.93 bits per heavy atom. The Kier molecular flexibility index (Phi) is 3.10. The van der Waals surface area contributed by atoms with Crippen LogP contribution in [0.2, 0.25) is 0 Å². The van der Waals surface area contributed by atoms with E-state index in [4.69, 9.17) is 0 Å². The maximum atomic E-state index is 9.69. The van der Waals surface area contributed by atoms with E-state index in [-0.39, 0.29) is 0 Å². The van der Waals surface area contributed by atoms with Gasteiger partial charge in [0.25, 0.3) is 0 Å². The summed E-state index contributed by atoms with van der Waals surface area (Å²) in [5.74, 6) is 0.980. The highest BCUT2D eigenvalue weighted by molar-refractivity contribution is 5.30. The molecule has 1 saturated carbocycles. The van der Waals surface area contributed by atoms with Crippen LogP contribution >= 0.6 is 0 Å². The summed E-state index contributed by atoms with van der Waals surface area (Å²) in [5, 5.41) is 9.69. The van der Waals surface area contributed by atoms with Gasteiger partial charge in [0.15, 0.2) is 0 Å². The Bertz CT molecular complexity index is 347. The molecule has 1 atom stereocenters. The highest BCUT2D eigenvalue weighted by atomic mass is 16.3. The van der Waals surface area contributed by atoms with Gasteiger partial charge in [-0.05, 0) is 37.3 Å². The monoisotopic (exact) mass is 202 g/mol. The fourth-order valence-corrected chi connectivity index (χ4v) is 2.50. The molecule has 0 aliphatic heterocycles. The number of rotatable bonds is 1. The van der Waals surface area contributed by atoms with Gasteiger partial charge in [0.05, 0.1) is 5.76 Å². The van der Waals surface area contributed by atoms with E-state index in [9.17, 15) is 5.11 Å². The minimum Gasteiger partial charge on any atom is -0.513 e. The van der Waals surface area contributed by atoms with E-state index in [0.29, 0.717) is 11.7 Å². The summed E-state index contributed by atoms with van der Waals surface area (Å²) in [4.78, 5) is 0. The van der Waals surface area contributed by atoms with Gasteiger partial charge in [0, 0.05) is 5.92 Å². The minimum atomic E-state index is 0.449. The first-order chi connectivity index (χ1) is 7.29. The molecule has 15 heavy (non-hydrogen) atoms. The van der Waals surface area contributed by atoms with Crippen molar-refractivity contribution in [3.05, 3.63) is 47.2 Å². The third-order valence-corrected chi connectivity index (χ3v) is 3.28. The molecule has 1 aliphatic rings. The highest BCUT2D eigenvalue weighted by Gasteiger charge is 2.22. The Morgan fingerprint density at radius 3 is 2.60 bits per heavy atom. The topological polar surface area (TPSA) is 20.2 Å². The number of benzene rings is 1. The molecule has 1 fully saturated rings. The molecule has 0 spiro atoms. The van der Waals surface area contributed by atoms with Crippen LogP contribution in [0, 0.1) is 0 Å². The van der Waals surface area contributed by atoms with Crippen LogP contribution in [-0.4, -0.2) is 5.11 Å². The molecule has 1 aliphatic carbocycles. The smallest absolute Gasteiger partial charge is 0.0889 e. The highest BCUT2D eigenvalue weighted by Crippen LogP contribution is 2.38. The molecule has 1 N–H and O–H groups in total. The Balaban J connectivity index is 2.31. The van der Waals surface area contributed by atoms with Crippen molar-refractivity contribution in [1.82, 2.24) is 0 Å². The van der Waals surface area contributed by atoms with Gasteiger partial charge in [-0.2, -0.15) is 0 Å². The quantitative estimate of drug-likeness (QED) is 0.677. The summed E-state index contributed by atoms with van der Waals surface area (Å²) in [6.45, 7) is 1.82. The van der Waals surface area contributed by atoms with Crippen molar-refractivity contribution >= 4 is 0 Å². The number of aliphatic hydroxyl groups is 1. The SMILES string of the molecule is CC(O)=C1CCCCC1c1ccccc1. The predicted molar refractivity (Wildman–Crippen MR) is 63.0 cm³/mol. The molecule has 80 valence electrons. The second-order valence-corrected chi connectivity index (χ2v) is 4.32. The van der Waals surface area contributed by atoms with Gasteiger partial charge in [-0.1, -0.05) is 36.8 Å². The molecule has 0 heterocycles. The van der Waals surface area contributed by atoms with Crippen molar-refractivity contribution in [3.63, 3.8) is 0 Å². The summed E-state index contributed by atoms with van der Waals surface area (Å²) in [6.07, 6.45) is 4.73. The van der Waals surface area contributed by atoms with E-state index in [1.807, 2.05) is 13.0 Å². The second kappa shape index (κ2) is 4.52. The fourth-order valence-electron chi connectivity index (χ4n) is 2.50. The minimum absolute atomic E-state index is 0.449. The average molecular weight is 202 g/mol. The maximum Gasteiger partial charge on any atom is 0.0889 e. The second-order valence-electron chi connectivity index (χ2n) is 4.32. The van der Waals surface area contributed by atoms with Crippen molar-refractivity contribution in [2.24, 2.45) is 0 Å². The van der Waals surface area contributed by atoms with Crippen LogP contribution in [0.5, 0.6) is 0 Å². The van der Waals surface area contributed by atoms with Gasteiger partial charge >= 0.3 is 0 Å². The van der Waals surface area contributed by atoms with Crippen LogP contribution in [0.1, 0.15) is 44.1 Å². The van der Waals surface area contributed by atoms with E-state index in [1.54, 1.807) is 0 Å². The first kappa shape index (κ1) is 10.3. The molecule has 0 saturated heterocycles. The molecule has 1 aromatic carbocycles. The third kappa shape index (κ3) is 2.23. The van der Waals surface area contributed by atoms with E-state index in [2.05, 4.69) is 24.3 Å². The average Bonchev–Trinajstić information content (AvgIpc) is 2.30. The maximum absolute atomic E-state index is 9.69. The lowest BCUT2D eigenvalue weighted by atomic mass is 9.79. The van der Waals surface area contributed by atoms with Gasteiger partial charge in [-0.15, -0.1) is 0 Å². The van der Waals surface area contributed by atoms with Crippen LogP contribution in [0.4, 0.5) is 0 Å². The molecule has 0 radical (unpaired) electrons. The van der Waals surface area contributed by atoms with E-state index < -0.39 is 0 Å². The number of hydrogen-bond donors (Lipinski definition) is 1. The first-order valence-electron chi connectivity index (χ1n) is 5.72. The molecule has 0 aromatic heterocycles. The van der Waals surface area contributed by atoms with Crippen molar-refractivity contribution in [2.45, 2.75) is 38.5 Å². The summed E-state index contributed by atoms with van der Waals surface area (Å²) >= 11 is 0. The Labute approximate surface area is 91.4 Å². The number of aliphatic hydroxyl groups excluding tert-OH is 1. The zero-order valence-electron chi connectivity index (χ0n) is 9.24. The van der Waals surface area contributed by atoms with Crippen molar-refractivity contribution < 1.29 is 5.11 Å². The van der Waals surface area contributed by atoms with Crippen molar-refractivity contribution in [3.8, 4) is 0 Å². The largest absolute Gasteiger partial charge is 0.513 e. The molecular formula is C14H18O. The van der Waals surface area contributed by atoms with Crippen LogP contribution < -0.4 is 0 Å². The van der Waals surface area contributed by atoms with Gasteiger partial charge in [0.2, 0.25) is 0 Å². The Morgan fingerprint density at radius 1 is 1.20 bits per heavy atom. The van der Waals surface area contributed by atoms with E-state index in [1.165, 1.54) is 30.4 Å². The lowest BCUT2D eigenvalue weighted by molar-refractivity contribution is 0.385. The molecule has 1 unspecified atom stereocenters. The first-order valence-corrected chi connectivity index (χ1v) is 5.72.